The third-order valence-corrected chi connectivity index (χ3v) is 8.62. The molecule has 0 spiro atoms. The topological polar surface area (TPSA) is 8.81 Å². The number of benzene rings is 3. The minimum absolute atomic E-state index is 0.0344. The van der Waals surface area contributed by atoms with Gasteiger partial charge in [-0.2, -0.15) is 4.57 Å². The van der Waals surface area contributed by atoms with Crippen LogP contribution < -0.4 is 4.57 Å². The first-order valence-electron chi connectivity index (χ1n) is 14.5. The molecule has 5 rings (SSSR count). The standard InChI is InChI=1S/C36H45N2/c1-24(2)20-29-22-30(21-25(3)4)34(33-31-17-13-12-16-28(31)23-32(29)33)37-18-19-38(36(7,8)26(5)6)35(37)27-14-10-9-11-15-27/h9-19,22,24-26H,20-21,23H2,1-8H3/q+1. The largest absolute Gasteiger partial charge is 0.294 e. The summed E-state index contributed by atoms with van der Waals surface area (Å²) in [6.07, 6.45) is 7.86. The molecule has 1 aromatic heterocycles. The van der Waals surface area contributed by atoms with Crippen molar-refractivity contribution in [3.63, 3.8) is 0 Å². The van der Waals surface area contributed by atoms with Crippen LogP contribution >= 0.6 is 0 Å². The summed E-state index contributed by atoms with van der Waals surface area (Å²) < 4.78 is 5.04. The highest BCUT2D eigenvalue weighted by Gasteiger charge is 2.38. The second-order valence-electron chi connectivity index (χ2n) is 13.0. The SMILES string of the molecule is CC(C)Cc1cc(CC(C)C)c(-n2cc[n+](C(C)(C)C(C)C)c2-c2ccccc2)c2c1Cc1ccccc1-2. The molecule has 1 aliphatic carbocycles. The second-order valence-corrected chi connectivity index (χ2v) is 13.0. The summed E-state index contributed by atoms with van der Waals surface area (Å²) in [5, 5.41) is 0. The van der Waals surface area contributed by atoms with Crippen LogP contribution in [0.2, 0.25) is 0 Å². The monoisotopic (exact) mass is 505 g/mol. The van der Waals surface area contributed by atoms with E-state index in [0.29, 0.717) is 17.8 Å². The molecular weight excluding hydrogens is 460 g/mol. The van der Waals surface area contributed by atoms with E-state index in [9.17, 15) is 0 Å². The summed E-state index contributed by atoms with van der Waals surface area (Å²) in [7, 11) is 0. The van der Waals surface area contributed by atoms with Gasteiger partial charge in [0.25, 0.3) is 5.82 Å². The lowest BCUT2D eigenvalue weighted by Gasteiger charge is -2.27. The van der Waals surface area contributed by atoms with Crippen molar-refractivity contribution in [3.8, 4) is 28.2 Å². The molecule has 1 heterocycles. The molecule has 0 fully saturated rings. The molecule has 0 aliphatic heterocycles. The van der Waals surface area contributed by atoms with Crippen molar-refractivity contribution in [2.45, 2.75) is 80.2 Å². The van der Waals surface area contributed by atoms with Crippen molar-refractivity contribution < 1.29 is 4.57 Å². The van der Waals surface area contributed by atoms with E-state index >= 15 is 0 Å². The first-order valence-corrected chi connectivity index (χ1v) is 14.5. The zero-order valence-electron chi connectivity index (χ0n) is 24.7. The summed E-state index contributed by atoms with van der Waals surface area (Å²) >= 11 is 0. The third-order valence-electron chi connectivity index (χ3n) is 8.62. The first kappa shape index (κ1) is 26.5. The lowest BCUT2D eigenvalue weighted by atomic mass is 9.87. The van der Waals surface area contributed by atoms with Gasteiger partial charge in [-0.15, -0.1) is 0 Å². The highest BCUT2D eigenvalue weighted by molar-refractivity contribution is 5.87. The van der Waals surface area contributed by atoms with Crippen LogP contribution in [0.1, 0.15) is 77.6 Å². The van der Waals surface area contributed by atoms with E-state index in [-0.39, 0.29) is 5.54 Å². The van der Waals surface area contributed by atoms with Gasteiger partial charge in [0.05, 0.1) is 5.56 Å². The maximum absolute atomic E-state index is 2.56. The fraction of sp³-hybridized carbons (Fsp3) is 0.417. The molecule has 198 valence electrons. The molecule has 3 aromatic carbocycles. The van der Waals surface area contributed by atoms with E-state index < -0.39 is 0 Å². The Kier molecular flexibility index (Phi) is 7.11. The van der Waals surface area contributed by atoms with E-state index in [2.05, 4.69) is 138 Å². The van der Waals surface area contributed by atoms with E-state index in [4.69, 9.17) is 0 Å². The Morgan fingerprint density at radius 1 is 0.816 bits per heavy atom. The van der Waals surface area contributed by atoms with Crippen LogP contribution in [0, 0.1) is 17.8 Å². The average Bonchev–Trinajstić information content (AvgIpc) is 3.47. The van der Waals surface area contributed by atoms with Crippen molar-refractivity contribution in [3.05, 3.63) is 95.3 Å². The van der Waals surface area contributed by atoms with Gasteiger partial charge in [-0.1, -0.05) is 90.1 Å². The average molecular weight is 506 g/mol. The minimum Gasteiger partial charge on any atom is -0.225 e. The summed E-state index contributed by atoms with van der Waals surface area (Å²) in [6.45, 7) is 18.8. The molecule has 0 N–H and O–H groups in total. The van der Waals surface area contributed by atoms with Gasteiger partial charge >= 0.3 is 0 Å². The highest BCUT2D eigenvalue weighted by atomic mass is 15.2. The van der Waals surface area contributed by atoms with Gasteiger partial charge in [0, 0.05) is 11.1 Å². The Labute approximate surface area is 230 Å². The van der Waals surface area contributed by atoms with Crippen LogP contribution in [0.25, 0.3) is 28.2 Å². The number of aromatic nitrogens is 2. The fourth-order valence-corrected chi connectivity index (χ4v) is 6.10. The quantitative estimate of drug-likeness (QED) is 0.186. The summed E-state index contributed by atoms with van der Waals surface area (Å²) in [4.78, 5) is 0. The lowest BCUT2D eigenvalue weighted by molar-refractivity contribution is -0.754. The molecular formula is C36H45N2+. The number of hydrogen-bond acceptors (Lipinski definition) is 0. The molecule has 0 bridgehead atoms. The van der Waals surface area contributed by atoms with Crippen LogP contribution in [-0.2, 0) is 24.8 Å². The normalized spacial score (nSPS) is 13.0. The van der Waals surface area contributed by atoms with Gasteiger partial charge in [0.1, 0.15) is 23.6 Å². The third kappa shape index (κ3) is 4.64. The summed E-state index contributed by atoms with van der Waals surface area (Å²) in [5.74, 6) is 2.95. The molecule has 38 heavy (non-hydrogen) atoms. The number of fused-ring (bicyclic) bond motifs is 3. The molecule has 1 aliphatic rings. The Balaban J connectivity index is 1.89. The molecule has 4 aromatic rings. The van der Waals surface area contributed by atoms with Crippen LogP contribution in [0.5, 0.6) is 0 Å². The zero-order valence-corrected chi connectivity index (χ0v) is 24.7. The van der Waals surface area contributed by atoms with Crippen molar-refractivity contribution in [2.24, 2.45) is 17.8 Å². The van der Waals surface area contributed by atoms with Crippen LogP contribution in [0.15, 0.2) is 73.1 Å². The van der Waals surface area contributed by atoms with Crippen molar-refractivity contribution >= 4 is 0 Å². The minimum atomic E-state index is -0.0344. The van der Waals surface area contributed by atoms with Gasteiger partial charge in [0.15, 0.2) is 0 Å². The zero-order chi connectivity index (χ0) is 27.2. The van der Waals surface area contributed by atoms with E-state index in [0.717, 1.165) is 19.3 Å². The fourth-order valence-electron chi connectivity index (χ4n) is 6.10. The smallest absolute Gasteiger partial charge is 0.225 e. The molecule has 2 heteroatoms. The highest BCUT2D eigenvalue weighted by Crippen LogP contribution is 2.45. The number of hydrogen-bond donors (Lipinski definition) is 0. The number of imidazole rings is 1. The van der Waals surface area contributed by atoms with Crippen LogP contribution in [-0.4, -0.2) is 4.57 Å². The molecule has 0 unspecified atom stereocenters. The van der Waals surface area contributed by atoms with Gasteiger partial charge in [-0.05, 0) is 85.3 Å². The predicted molar refractivity (Wildman–Crippen MR) is 161 cm³/mol. The van der Waals surface area contributed by atoms with Crippen molar-refractivity contribution in [2.75, 3.05) is 0 Å². The maximum atomic E-state index is 2.56. The molecule has 0 radical (unpaired) electrons. The van der Waals surface area contributed by atoms with Gasteiger partial charge < -0.3 is 0 Å². The van der Waals surface area contributed by atoms with Crippen LogP contribution in [0.3, 0.4) is 0 Å². The lowest BCUT2D eigenvalue weighted by Crippen LogP contribution is -2.56. The van der Waals surface area contributed by atoms with Gasteiger partial charge in [-0.3, -0.25) is 0 Å². The van der Waals surface area contributed by atoms with Crippen LogP contribution in [0.4, 0.5) is 0 Å². The summed E-state index contributed by atoms with van der Waals surface area (Å²) in [6, 6.07) is 22.6. The second kappa shape index (κ2) is 10.2. The van der Waals surface area contributed by atoms with Gasteiger partial charge in [-0.25, -0.2) is 4.57 Å². The molecule has 0 saturated carbocycles. The van der Waals surface area contributed by atoms with E-state index in [1.807, 2.05) is 0 Å². The van der Waals surface area contributed by atoms with Crippen molar-refractivity contribution in [1.29, 1.82) is 0 Å². The Hall–Kier alpha value is -3.13. The predicted octanol–water partition coefficient (Wildman–Crippen LogP) is 8.79. The number of nitrogens with zero attached hydrogens (tertiary/aromatic N) is 2. The van der Waals surface area contributed by atoms with Crippen molar-refractivity contribution in [1.82, 2.24) is 4.57 Å². The summed E-state index contributed by atoms with van der Waals surface area (Å²) in [5.41, 5.74) is 11.5. The van der Waals surface area contributed by atoms with E-state index in [1.165, 1.54) is 50.5 Å². The first-order chi connectivity index (χ1) is 18.1. The molecule has 0 saturated heterocycles. The Bertz CT molecular complexity index is 1430. The maximum Gasteiger partial charge on any atom is 0.294 e. The Morgan fingerprint density at radius 3 is 2.11 bits per heavy atom. The molecule has 0 atom stereocenters. The number of rotatable bonds is 8. The molecule has 2 nitrogen and oxygen atoms in total. The van der Waals surface area contributed by atoms with E-state index in [1.54, 1.807) is 0 Å². The van der Waals surface area contributed by atoms with Gasteiger partial charge in [0.2, 0.25) is 0 Å². The molecule has 0 amide bonds. The Morgan fingerprint density at radius 2 is 1.45 bits per heavy atom.